The lowest BCUT2D eigenvalue weighted by Gasteiger charge is -2.46. The molecule has 33 heavy (non-hydrogen) atoms. The Bertz CT molecular complexity index is 1240. The zero-order chi connectivity index (χ0) is 23.5. The smallest absolute Gasteiger partial charge is 0.276 e. The van der Waals surface area contributed by atoms with Gasteiger partial charge in [-0.3, -0.25) is 14.5 Å². The summed E-state index contributed by atoms with van der Waals surface area (Å²) < 4.78 is 7.47. The minimum atomic E-state index is -1.14. The van der Waals surface area contributed by atoms with E-state index in [0.29, 0.717) is 40.4 Å². The van der Waals surface area contributed by atoms with Crippen LogP contribution in [-0.4, -0.2) is 28.0 Å². The maximum absolute atomic E-state index is 14.0. The molecule has 5 rings (SSSR count). The number of furan rings is 1. The highest BCUT2D eigenvalue weighted by Gasteiger charge is 2.50. The van der Waals surface area contributed by atoms with Crippen molar-refractivity contribution in [3.8, 4) is 0 Å². The Hall–Kier alpha value is -2.73. The Morgan fingerprint density at radius 1 is 1.24 bits per heavy atom. The third-order valence-corrected chi connectivity index (χ3v) is 8.31. The fourth-order valence-electron chi connectivity index (χ4n) is 5.54. The fourth-order valence-corrected chi connectivity index (χ4v) is 5.71. The third-order valence-electron chi connectivity index (χ3n) is 7.90. The second kappa shape index (κ2) is 7.94. The summed E-state index contributed by atoms with van der Waals surface area (Å²) in [5.41, 5.74) is 2.26. The molecule has 3 heterocycles. The summed E-state index contributed by atoms with van der Waals surface area (Å²) in [4.78, 5) is 29.5. The largest absolute Gasteiger partial charge is 0.463 e. The molecule has 2 amide bonds. The van der Waals surface area contributed by atoms with Crippen molar-refractivity contribution in [3.63, 3.8) is 0 Å². The van der Waals surface area contributed by atoms with Crippen LogP contribution in [0.4, 0.5) is 5.69 Å². The molecule has 1 aliphatic heterocycles. The van der Waals surface area contributed by atoms with Crippen LogP contribution in [0.2, 0.25) is 5.02 Å². The number of fused-ring (bicyclic) bond motifs is 3. The minimum absolute atomic E-state index is 0.0930. The monoisotopic (exact) mass is 467 g/mol. The number of halogens is 1. The first-order chi connectivity index (χ1) is 15.7. The molecule has 2 aliphatic rings. The average Bonchev–Trinajstić information content (AvgIpc) is 3.37. The van der Waals surface area contributed by atoms with Crippen LogP contribution in [0.1, 0.15) is 56.1 Å². The van der Waals surface area contributed by atoms with Crippen LogP contribution in [0.15, 0.2) is 41.0 Å². The molecule has 4 atom stereocenters. The molecule has 1 fully saturated rings. The van der Waals surface area contributed by atoms with Crippen LogP contribution in [0.3, 0.4) is 0 Å². The Morgan fingerprint density at radius 3 is 2.82 bits per heavy atom. The van der Waals surface area contributed by atoms with Gasteiger partial charge in [-0.15, -0.1) is 0 Å². The van der Waals surface area contributed by atoms with Gasteiger partial charge in [-0.2, -0.15) is 0 Å². The molecule has 1 aliphatic carbocycles. The number of benzene rings is 1. The number of hydrogen-bond acceptors (Lipinski definition) is 3. The average molecular weight is 468 g/mol. The topological polar surface area (TPSA) is 67.5 Å². The number of hydrogen-bond donors (Lipinski definition) is 1. The van der Waals surface area contributed by atoms with Gasteiger partial charge >= 0.3 is 0 Å². The molecule has 1 saturated carbocycles. The zero-order valence-electron chi connectivity index (χ0n) is 19.5. The minimum Gasteiger partial charge on any atom is -0.463 e. The predicted octanol–water partition coefficient (Wildman–Crippen LogP) is 5.56. The van der Waals surface area contributed by atoms with Crippen molar-refractivity contribution in [2.24, 2.45) is 11.8 Å². The van der Waals surface area contributed by atoms with Crippen molar-refractivity contribution < 1.29 is 14.0 Å². The molecular weight excluding hydrogens is 438 g/mol. The van der Waals surface area contributed by atoms with Crippen LogP contribution in [-0.2, 0) is 11.3 Å². The Kier molecular flexibility index (Phi) is 5.31. The standard InChI is InChI=1S/C26H30ClN3O3/c1-15-7-5-9-19(16(15)2)28-25(32)26(4)14-29-21-11-12-33-23(21)13-22(29)24(31)30(26)20-10-6-8-18(27)17(20)3/h6,8,10-13,15-16,19H,5,7,9,14H2,1-4H3,(H,28,32)/t15-,16-,19+,26+/m0/s1. The van der Waals surface area contributed by atoms with E-state index in [-0.39, 0.29) is 17.9 Å². The van der Waals surface area contributed by atoms with Crippen LogP contribution >= 0.6 is 11.6 Å². The molecule has 7 heteroatoms. The molecule has 0 spiro atoms. The van der Waals surface area contributed by atoms with Crippen molar-refractivity contribution in [2.45, 2.75) is 65.1 Å². The van der Waals surface area contributed by atoms with E-state index in [1.54, 1.807) is 23.3 Å². The third kappa shape index (κ3) is 3.38. The second-order valence-corrected chi connectivity index (χ2v) is 10.3. The number of nitrogens with zero attached hydrogens (tertiary/aromatic N) is 2. The van der Waals surface area contributed by atoms with Crippen molar-refractivity contribution in [3.05, 3.63) is 52.9 Å². The van der Waals surface area contributed by atoms with Gasteiger partial charge in [-0.1, -0.05) is 44.4 Å². The number of carbonyl (C=O) groups is 2. The highest BCUT2D eigenvalue weighted by Crippen LogP contribution is 2.39. The normalized spacial score (nSPS) is 27.6. The first-order valence-electron chi connectivity index (χ1n) is 11.7. The number of aromatic nitrogens is 1. The molecule has 2 aromatic heterocycles. The van der Waals surface area contributed by atoms with Crippen molar-refractivity contribution >= 4 is 40.2 Å². The maximum atomic E-state index is 14.0. The van der Waals surface area contributed by atoms with E-state index in [9.17, 15) is 9.59 Å². The Labute approximate surface area is 198 Å². The number of nitrogens with one attached hydrogen (secondary N) is 1. The lowest BCUT2D eigenvalue weighted by Crippen LogP contribution is -2.66. The molecule has 1 N–H and O–H groups in total. The van der Waals surface area contributed by atoms with Gasteiger partial charge in [0, 0.05) is 28.9 Å². The van der Waals surface area contributed by atoms with Gasteiger partial charge in [0.05, 0.1) is 18.3 Å². The lowest BCUT2D eigenvalue weighted by atomic mass is 9.77. The molecule has 174 valence electrons. The van der Waals surface area contributed by atoms with Crippen LogP contribution in [0.5, 0.6) is 0 Å². The van der Waals surface area contributed by atoms with E-state index in [1.807, 2.05) is 36.6 Å². The summed E-state index contributed by atoms with van der Waals surface area (Å²) in [6.45, 7) is 8.52. The molecule has 0 bridgehead atoms. The predicted molar refractivity (Wildman–Crippen MR) is 130 cm³/mol. The Balaban J connectivity index is 1.61. The number of carbonyl (C=O) groups excluding carboxylic acids is 2. The molecule has 1 aromatic carbocycles. The molecule has 0 saturated heterocycles. The molecule has 6 nitrogen and oxygen atoms in total. The highest BCUT2D eigenvalue weighted by atomic mass is 35.5. The van der Waals surface area contributed by atoms with Crippen LogP contribution < -0.4 is 10.2 Å². The van der Waals surface area contributed by atoms with E-state index in [0.717, 1.165) is 23.9 Å². The van der Waals surface area contributed by atoms with Crippen molar-refractivity contribution in [1.29, 1.82) is 0 Å². The summed E-state index contributed by atoms with van der Waals surface area (Å²) in [6.07, 6.45) is 4.85. The SMILES string of the molecule is Cc1c(Cl)cccc1N1C(=O)c2cc3occc3n2C[C@]1(C)C(=O)N[C@@H]1CCC[C@H](C)[C@@H]1C. The fraction of sp³-hybridized carbons (Fsp3) is 0.462. The van der Waals surface area contributed by atoms with Gasteiger partial charge in [0.2, 0.25) is 5.91 Å². The quantitative estimate of drug-likeness (QED) is 0.548. The first kappa shape index (κ1) is 22.1. The maximum Gasteiger partial charge on any atom is 0.276 e. The van der Waals surface area contributed by atoms with Gasteiger partial charge in [0.1, 0.15) is 11.2 Å². The molecular formula is C26H30ClN3O3. The summed E-state index contributed by atoms with van der Waals surface area (Å²) in [5.74, 6) is 0.560. The summed E-state index contributed by atoms with van der Waals surface area (Å²) in [6, 6.07) is 9.17. The molecule has 0 radical (unpaired) electrons. The van der Waals surface area contributed by atoms with E-state index in [1.165, 1.54) is 6.42 Å². The van der Waals surface area contributed by atoms with Crippen LogP contribution in [0.25, 0.3) is 11.1 Å². The summed E-state index contributed by atoms with van der Waals surface area (Å²) in [5, 5.41) is 3.89. The first-order valence-corrected chi connectivity index (χ1v) is 12.1. The van der Waals surface area contributed by atoms with Gasteiger partial charge in [0.15, 0.2) is 5.58 Å². The number of amides is 2. The lowest BCUT2D eigenvalue weighted by molar-refractivity contribution is -0.128. The van der Waals surface area contributed by atoms with E-state index >= 15 is 0 Å². The van der Waals surface area contributed by atoms with Crippen LogP contribution in [0, 0.1) is 18.8 Å². The van der Waals surface area contributed by atoms with Gasteiger partial charge < -0.3 is 14.3 Å². The number of rotatable bonds is 3. The van der Waals surface area contributed by atoms with E-state index in [2.05, 4.69) is 19.2 Å². The van der Waals surface area contributed by atoms with E-state index in [4.69, 9.17) is 16.0 Å². The summed E-state index contributed by atoms with van der Waals surface area (Å²) >= 11 is 6.43. The zero-order valence-corrected chi connectivity index (χ0v) is 20.3. The Morgan fingerprint density at radius 2 is 2.03 bits per heavy atom. The highest BCUT2D eigenvalue weighted by molar-refractivity contribution is 6.32. The number of anilines is 1. The second-order valence-electron chi connectivity index (χ2n) is 9.93. The van der Waals surface area contributed by atoms with Gasteiger partial charge in [0.25, 0.3) is 5.91 Å². The van der Waals surface area contributed by atoms with Crippen molar-refractivity contribution in [1.82, 2.24) is 9.88 Å². The van der Waals surface area contributed by atoms with Gasteiger partial charge in [-0.25, -0.2) is 0 Å². The molecule has 0 unspecified atom stereocenters. The van der Waals surface area contributed by atoms with Gasteiger partial charge in [-0.05, 0) is 49.8 Å². The van der Waals surface area contributed by atoms with Crippen molar-refractivity contribution in [2.75, 3.05) is 4.90 Å². The summed E-state index contributed by atoms with van der Waals surface area (Å²) in [7, 11) is 0. The van der Waals surface area contributed by atoms with E-state index < -0.39 is 5.54 Å². The molecule has 3 aromatic rings.